The number of aliphatic carboxylic acids is 1. The fourth-order valence-corrected chi connectivity index (χ4v) is 7.30. The lowest BCUT2D eigenvalue weighted by Crippen LogP contribution is -2.50. The van der Waals surface area contributed by atoms with Crippen molar-refractivity contribution in [2.24, 2.45) is 11.8 Å². The molecule has 0 radical (unpaired) electrons. The standard InChI is InChI=1S/C44H54F5N5O8/c1-3-9-25(2)52-44(61)54-31(43(59)60)12-6-7-21-50-42(58)32(23-27-17-18-28-10-4-5-11-30(28)22-27)53-41(57)29-19-15-26(16-20-29)24-51-33(55)13-8-14-34(56)62-40-38(48)36(46)35(45)37(47)39(40)49/h4-5,10-11,17-18,22,25-26,29,31-32H,3,6-9,12-16,19-21,23-24H2,1-2H3,(H,50,58)(H,51,55)(H,53,57)(H,59,60)(H2,52,54,61)/t25-,26?,29?,31-,32-/m0/s1. The number of ether oxygens (including phenoxy) is 1. The Morgan fingerprint density at radius 3 is 2.06 bits per heavy atom. The molecule has 0 aromatic heterocycles. The summed E-state index contributed by atoms with van der Waals surface area (Å²) in [6.45, 7) is 4.32. The maximum Gasteiger partial charge on any atom is 0.326 e. The molecule has 3 atom stereocenters. The van der Waals surface area contributed by atoms with Gasteiger partial charge in [0.15, 0.2) is 0 Å². The maximum atomic E-state index is 13.8. The van der Waals surface area contributed by atoms with Gasteiger partial charge in [0.05, 0.1) is 0 Å². The third kappa shape index (κ3) is 14.7. The SMILES string of the molecule is CCC[C@H](C)NC(=O)N[C@@H](CCCCNC(=O)[C@H](Cc1ccc2ccccc2c1)NC(=O)C1CCC(CNC(=O)CCCC(=O)Oc2c(F)c(F)c(F)c(F)c2F)CC1)C(=O)O. The number of hydrogen-bond donors (Lipinski definition) is 6. The number of carboxylic acid groups (broad SMARTS) is 1. The van der Waals surface area contributed by atoms with Gasteiger partial charge in [-0.1, -0.05) is 55.8 Å². The summed E-state index contributed by atoms with van der Waals surface area (Å²) >= 11 is 0. The van der Waals surface area contributed by atoms with E-state index in [1.54, 1.807) is 0 Å². The van der Waals surface area contributed by atoms with Gasteiger partial charge in [0.1, 0.15) is 12.1 Å². The molecule has 3 aromatic rings. The molecule has 0 spiro atoms. The molecule has 338 valence electrons. The second kappa shape index (κ2) is 24.0. The van der Waals surface area contributed by atoms with E-state index in [0.717, 1.165) is 29.2 Å². The average molecular weight is 876 g/mol. The zero-order valence-electron chi connectivity index (χ0n) is 34.7. The minimum Gasteiger partial charge on any atom is -0.480 e. The monoisotopic (exact) mass is 875 g/mol. The van der Waals surface area contributed by atoms with Gasteiger partial charge in [-0.05, 0) is 87.0 Å². The fraction of sp³-hybridized carbons (Fsp3) is 0.500. The van der Waals surface area contributed by atoms with Gasteiger partial charge >= 0.3 is 18.0 Å². The van der Waals surface area contributed by atoms with E-state index in [1.807, 2.05) is 56.3 Å². The number of carbonyl (C=O) groups is 6. The lowest BCUT2D eigenvalue weighted by atomic mass is 9.81. The van der Waals surface area contributed by atoms with Crippen molar-refractivity contribution in [3.8, 4) is 5.75 Å². The van der Waals surface area contributed by atoms with Gasteiger partial charge in [0.25, 0.3) is 0 Å². The van der Waals surface area contributed by atoms with E-state index in [2.05, 4.69) is 31.3 Å². The fourth-order valence-electron chi connectivity index (χ4n) is 7.30. The molecular formula is C44H54F5N5O8. The summed E-state index contributed by atoms with van der Waals surface area (Å²) in [7, 11) is 0. The van der Waals surface area contributed by atoms with Crippen LogP contribution in [0.25, 0.3) is 10.8 Å². The highest BCUT2D eigenvalue weighted by Gasteiger charge is 2.31. The summed E-state index contributed by atoms with van der Waals surface area (Å²) in [6.07, 6.45) is 4.17. The number of fused-ring (bicyclic) bond motifs is 1. The quantitative estimate of drug-likeness (QED) is 0.0165. The molecular weight excluding hydrogens is 822 g/mol. The average Bonchev–Trinajstić information content (AvgIpc) is 3.25. The van der Waals surface area contributed by atoms with Crippen molar-refractivity contribution in [3.05, 3.63) is 77.1 Å². The number of carboxylic acids is 1. The number of rotatable bonds is 22. The van der Waals surface area contributed by atoms with Gasteiger partial charge in [-0.3, -0.25) is 19.2 Å². The number of nitrogens with one attached hydrogen (secondary N) is 5. The van der Waals surface area contributed by atoms with Crippen LogP contribution >= 0.6 is 0 Å². The largest absolute Gasteiger partial charge is 0.480 e. The molecule has 6 N–H and O–H groups in total. The van der Waals surface area contributed by atoms with Crippen LogP contribution in [0.5, 0.6) is 5.75 Å². The van der Waals surface area contributed by atoms with E-state index in [0.29, 0.717) is 38.5 Å². The Morgan fingerprint density at radius 2 is 1.40 bits per heavy atom. The Hall–Kier alpha value is -5.81. The molecule has 62 heavy (non-hydrogen) atoms. The molecule has 0 bridgehead atoms. The van der Waals surface area contributed by atoms with E-state index in [4.69, 9.17) is 0 Å². The number of halogens is 5. The number of benzene rings is 3. The zero-order valence-corrected chi connectivity index (χ0v) is 34.7. The van der Waals surface area contributed by atoms with Crippen LogP contribution in [0.3, 0.4) is 0 Å². The van der Waals surface area contributed by atoms with E-state index in [9.17, 15) is 55.8 Å². The molecule has 1 aliphatic rings. The Morgan fingerprint density at radius 1 is 0.742 bits per heavy atom. The predicted octanol–water partition coefficient (Wildman–Crippen LogP) is 6.49. The minimum absolute atomic E-state index is 0.0359. The summed E-state index contributed by atoms with van der Waals surface area (Å²) in [5.74, 6) is -17.1. The van der Waals surface area contributed by atoms with Gasteiger partial charge in [-0.2, -0.15) is 8.78 Å². The maximum absolute atomic E-state index is 13.8. The van der Waals surface area contributed by atoms with Crippen molar-refractivity contribution in [1.82, 2.24) is 26.6 Å². The first-order valence-corrected chi connectivity index (χ1v) is 20.9. The van der Waals surface area contributed by atoms with Crippen molar-refractivity contribution < 1.29 is 60.6 Å². The van der Waals surface area contributed by atoms with Crippen LogP contribution in [-0.2, 0) is 30.4 Å². The third-order valence-corrected chi connectivity index (χ3v) is 10.8. The van der Waals surface area contributed by atoms with E-state index in [1.165, 1.54) is 0 Å². The molecule has 5 amide bonds. The number of esters is 1. The van der Waals surface area contributed by atoms with Crippen LogP contribution in [0.2, 0.25) is 0 Å². The van der Waals surface area contributed by atoms with Crippen molar-refractivity contribution in [3.63, 3.8) is 0 Å². The minimum atomic E-state index is -2.39. The summed E-state index contributed by atoms with van der Waals surface area (Å²) in [5, 5.41) is 25.4. The lowest BCUT2D eigenvalue weighted by Gasteiger charge is -2.29. The molecule has 0 heterocycles. The van der Waals surface area contributed by atoms with Crippen LogP contribution in [-0.4, -0.2) is 72.0 Å². The number of hydrogen-bond acceptors (Lipinski definition) is 7. The Balaban J connectivity index is 1.23. The lowest BCUT2D eigenvalue weighted by molar-refractivity contribution is -0.139. The summed E-state index contributed by atoms with van der Waals surface area (Å²) in [5.41, 5.74) is 0.837. The smallest absolute Gasteiger partial charge is 0.326 e. The van der Waals surface area contributed by atoms with Crippen molar-refractivity contribution in [2.75, 3.05) is 13.1 Å². The van der Waals surface area contributed by atoms with Gasteiger partial charge in [0.2, 0.25) is 52.6 Å². The summed E-state index contributed by atoms with van der Waals surface area (Å²) in [6, 6.07) is 10.9. The normalized spacial score (nSPS) is 16.4. The molecule has 3 aromatic carbocycles. The highest BCUT2D eigenvalue weighted by atomic mass is 19.2. The molecule has 13 nitrogen and oxygen atoms in total. The Bertz CT molecular complexity index is 2040. The van der Waals surface area contributed by atoms with Crippen LogP contribution < -0.4 is 31.3 Å². The Labute approximate surface area is 356 Å². The van der Waals surface area contributed by atoms with Gasteiger partial charge in [0, 0.05) is 44.3 Å². The second-order valence-corrected chi connectivity index (χ2v) is 15.7. The zero-order chi connectivity index (χ0) is 45.3. The van der Waals surface area contributed by atoms with Crippen LogP contribution in [0.1, 0.15) is 96.5 Å². The molecule has 4 rings (SSSR count). The highest BCUT2D eigenvalue weighted by Crippen LogP contribution is 2.30. The first kappa shape index (κ1) is 48.9. The van der Waals surface area contributed by atoms with E-state index >= 15 is 0 Å². The van der Waals surface area contributed by atoms with E-state index < -0.39 is 83.1 Å². The molecule has 0 aliphatic heterocycles. The first-order chi connectivity index (χ1) is 29.6. The Kier molecular flexibility index (Phi) is 18.9. The topological polar surface area (TPSA) is 192 Å². The number of unbranched alkanes of at least 4 members (excludes halogenated alkanes) is 1. The molecule has 0 saturated heterocycles. The number of amides is 5. The second-order valence-electron chi connectivity index (χ2n) is 15.7. The van der Waals surface area contributed by atoms with Crippen molar-refractivity contribution in [2.45, 2.75) is 115 Å². The molecule has 1 fully saturated rings. The number of carbonyl (C=O) groups excluding carboxylic acids is 5. The first-order valence-electron chi connectivity index (χ1n) is 20.9. The molecule has 18 heteroatoms. The van der Waals surface area contributed by atoms with Crippen molar-refractivity contribution in [1.29, 1.82) is 0 Å². The van der Waals surface area contributed by atoms with Crippen LogP contribution in [0, 0.1) is 40.9 Å². The third-order valence-electron chi connectivity index (χ3n) is 10.8. The summed E-state index contributed by atoms with van der Waals surface area (Å²) in [4.78, 5) is 75.6. The number of urea groups is 1. The van der Waals surface area contributed by atoms with Crippen LogP contribution in [0.15, 0.2) is 42.5 Å². The van der Waals surface area contributed by atoms with Gasteiger partial charge < -0.3 is 36.4 Å². The van der Waals surface area contributed by atoms with E-state index in [-0.39, 0.29) is 62.6 Å². The molecule has 0 unspecified atom stereocenters. The highest BCUT2D eigenvalue weighted by molar-refractivity contribution is 5.89. The predicted molar refractivity (Wildman–Crippen MR) is 218 cm³/mol. The molecule has 1 saturated carbocycles. The van der Waals surface area contributed by atoms with Crippen molar-refractivity contribution >= 4 is 46.5 Å². The van der Waals surface area contributed by atoms with Crippen LogP contribution in [0.4, 0.5) is 26.7 Å². The molecule has 1 aliphatic carbocycles. The van der Waals surface area contributed by atoms with Gasteiger partial charge in [-0.25, -0.2) is 22.8 Å². The van der Waals surface area contributed by atoms with Gasteiger partial charge in [-0.15, -0.1) is 0 Å². The summed E-state index contributed by atoms with van der Waals surface area (Å²) < 4.78 is 72.0.